The van der Waals surface area contributed by atoms with E-state index in [0.29, 0.717) is 17.5 Å². The second kappa shape index (κ2) is 6.90. The molecule has 0 aliphatic rings. The van der Waals surface area contributed by atoms with Crippen LogP contribution >= 0.6 is 0 Å². The highest BCUT2D eigenvalue weighted by molar-refractivity contribution is 7.89. The molecule has 1 N–H and O–H groups in total. The Labute approximate surface area is 129 Å². The molecule has 0 radical (unpaired) electrons. The fraction of sp³-hybridized carbons (Fsp3) is 0.625. The quantitative estimate of drug-likeness (QED) is 0.879. The molecule has 21 heavy (non-hydrogen) atoms. The van der Waals surface area contributed by atoms with Gasteiger partial charge in [-0.15, -0.1) is 0 Å². The standard InChI is InChI=1S/C16H28N2O2S/c1-13(2)17-11-14-7-9-15(10-8-14)21(19,20)18(6)12-16(3,4)5/h7-10,13,17H,11-12H2,1-6H3. The summed E-state index contributed by atoms with van der Waals surface area (Å²) in [5.41, 5.74) is 1.02. The molecule has 1 aromatic carbocycles. The topological polar surface area (TPSA) is 49.4 Å². The van der Waals surface area contributed by atoms with Gasteiger partial charge in [-0.05, 0) is 23.1 Å². The molecule has 0 aliphatic heterocycles. The molecular weight excluding hydrogens is 284 g/mol. The molecule has 0 aromatic heterocycles. The van der Waals surface area contributed by atoms with Crippen molar-refractivity contribution in [2.24, 2.45) is 5.41 Å². The van der Waals surface area contributed by atoms with Gasteiger partial charge in [-0.1, -0.05) is 46.8 Å². The van der Waals surface area contributed by atoms with Gasteiger partial charge >= 0.3 is 0 Å². The van der Waals surface area contributed by atoms with Gasteiger partial charge in [-0.2, -0.15) is 0 Å². The van der Waals surface area contributed by atoms with Crippen molar-refractivity contribution in [3.8, 4) is 0 Å². The van der Waals surface area contributed by atoms with Gasteiger partial charge in [-0.25, -0.2) is 12.7 Å². The van der Waals surface area contributed by atoms with Crippen LogP contribution in [0.2, 0.25) is 0 Å². The molecule has 4 nitrogen and oxygen atoms in total. The van der Waals surface area contributed by atoms with Crippen LogP contribution in [0.5, 0.6) is 0 Å². The van der Waals surface area contributed by atoms with Gasteiger partial charge < -0.3 is 5.32 Å². The van der Waals surface area contributed by atoms with Gasteiger partial charge in [0.1, 0.15) is 0 Å². The summed E-state index contributed by atoms with van der Waals surface area (Å²) in [6, 6.07) is 7.52. The molecule has 0 saturated heterocycles. The molecule has 0 spiro atoms. The summed E-state index contributed by atoms with van der Waals surface area (Å²) in [6.07, 6.45) is 0. The van der Waals surface area contributed by atoms with Crippen LogP contribution in [0.15, 0.2) is 29.2 Å². The Kier molecular flexibility index (Phi) is 5.96. The monoisotopic (exact) mass is 312 g/mol. The zero-order chi connectivity index (χ0) is 16.3. The average molecular weight is 312 g/mol. The number of nitrogens with one attached hydrogen (secondary N) is 1. The largest absolute Gasteiger partial charge is 0.310 e. The van der Waals surface area contributed by atoms with Gasteiger partial charge in [0.2, 0.25) is 10.0 Å². The summed E-state index contributed by atoms with van der Waals surface area (Å²) >= 11 is 0. The Morgan fingerprint density at radius 2 is 1.67 bits per heavy atom. The maximum absolute atomic E-state index is 12.5. The van der Waals surface area contributed by atoms with E-state index in [1.165, 1.54) is 4.31 Å². The minimum atomic E-state index is -3.41. The number of rotatable bonds is 6. The summed E-state index contributed by atoms with van der Waals surface area (Å²) in [7, 11) is -1.77. The highest BCUT2D eigenvalue weighted by Gasteiger charge is 2.25. The zero-order valence-electron chi connectivity index (χ0n) is 14.0. The Balaban J connectivity index is 2.85. The summed E-state index contributed by atoms with van der Waals surface area (Å²) in [6.45, 7) is 11.5. The molecule has 1 rings (SSSR count). The van der Waals surface area contributed by atoms with Gasteiger partial charge in [-0.3, -0.25) is 0 Å². The summed E-state index contributed by atoms with van der Waals surface area (Å²) in [5.74, 6) is 0. The second-order valence-corrected chi connectivity index (χ2v) is 9.05. The lowest BCUT2D eigenvalue weighted by Gasteiger charge is -2.26. The molecule has 0 saturated carbocycles. The molecule has 1 aromatic rings. The number of hydrogen-bond acceptors (Lipinski definition) is 3. The van der Waals surface area contributed by atoms with Crippen LogP contribution in [0, 0.1) is 5.41 Å². The van der Waals surface area contributed by atoms with E-state index < -0.39 is 10.0 Å². The molecule has 0 fully saturated rings. The summed E-state index contributed by atoms with van der Waals surface area (Å²) in [4.78, 5) is 0.350. The first kappa shape index (κ1) is 18.1. The van der Waals surface area contributed by atoms with Crippen LogP contribution in [0.1, 0.15) is 40.2 Å². The lowest BCUT2D eigenvalue weighted by molar-refractivity contribution is 0.311. The molecule has 0 heterocycles. The predicted molar refractivity (Wildman–Crippen MR) is 87.7 cm³/mol. The van der Waals surface area contributed by atoms with E-state index in [1.54, 1.807) is 19.2 Å². The molecule has 0 bridgehead atoms. The maximum Gasteiger partial charge on any atom is 0.242 e. The van der Waals surface area contributed by atoms with E-state index in [0.717, 1.165) is 12.1 Å². The number of benzene rings is 1. The molecule has 0 unspecified atom stereocenters. The fourth-order valence-corrected chi connectivity index (χ4v) is 3.43. The Morgan fingerprint density at radius 1 is 1.14 bits per heavy atom. The van der Waals surface area contributed by atoms with Crippen molar-refractivity contribution in [3.05, 3.63) is 29.8 Å². The van der Waals surface area contributed by atoms with E-state index >= 15 is 0 Å². The van der Waals surface area contributed by atoms with E-state index in [-0.39, 0.29) is 5.41 Å². The molecule has 5 heteroatoms. The summed E-state index contributed by atoms with van der Waals surface area (Å²) in [5, 5.41) is 3.31. The van der Waals surface area contributed by atoms with E-state index in [2.05, 4.69) is 19.2 Å². The van der Waals surface area contributed by atoms with Crippen LogP contribution in [-0.4, -0.2) is 32.4 Å². The van der Waals surface area contributed by atoms with Crippen LogP contribution in [0.4, 0.5) is 0 Å². The Bertz CT molecular complexity index is 543. The van der Waals surface area contributed by atoms with Crippen molar-refractivity contribution in [2.75, 3.05) is 13.6 Å². The van der Waals surface area contributed by atoms with Crippen molar-refractivity contribution < 1.29 is 8.42 Å². The second-order valence-electron chi connectivity index (χ2n) is 7.00. The third-order valence-electron chi connectivity index (χ3n) is 3.04. The van der Waals surface area contributed by atoms with Crippen molar-refractivity contribution in [1.29, 1.82) is 0 Å². The third-order valence-corrected chi connectivity index (χ3v) is 4.86. The molecular formula is C16H28N2O2S. The number of hydrogen-bond donors (Lipinski definition) is 1. The van der Waals surface area contributed by atoms with Gasteiger partial charge in [0, 0.05) is 26.2 Å². The van der Waals surface area contributed by atoms with Crippen LogP contribution < -0.4 is 5.32 Å². The first-order valence-corrected chi connectivity index (χ1v) is 8.75. The number of nitrogens with zero attached hydrogens (tertiary/aromatic N) is 1. The predicted octanol–water partition coefficient (Wildman–Crippen LogP) is 2.85. The van der Waals surface area contributed by atoms with Crippen molar-refractivity contribution in [2.45, 2.75) is 52.1 Å². The van der Waals surface area contributed by atoms with Crippen LogP contribution in [-0.2, 0) is 16.6 Å². The average Bonchev–Trinajstić information content (AvgIpc) is 2.34. The van der Waals surface area contributed by atoms with Crippen molar-refractivity contribution >= 4 is 10.0 Å². The lowest BCUT2D eigenvalue weighted by atomic mass is 9.97. The number of sulfonamides is 1. The molecule has 0 amide bonds. The van der Waals surface area contributed by atoms with Gasteiger partial charge in [0.15, 0.2) is 0 Å². The smallest absolute Gasteiger partial charge is 0.242 e. The van der Waals surface area contributed by atoms with Gasteiger partial charge in [0.25, 0.3) is 0 Å². The summed E-state index contributed by atoms with van der Waals surface area (Å²) < 4.78 is 26.4. The van der Waals surface area contributed by atoms with E-state index in [1.807, 2.05) is 32.9 Å². The van der Waals surface area contributed by atoms with E-state index in [9.17, 15) is 8.42 Å². The van der Waals surface area contributed by atoms with E-state index in [4.69, 9.17) is 0 Å². The lowest BCUT2D eigenvalue weighted by Crippen LogP contribution is -2.34. The van der Waals surface area contributed by atoms with Gasteiger partial charge in [0.05, 0.1) is 4.90 Å². The molecule has 0 aliphatic carbocycles. The Hall–Kier alpha value is -0.910. The van der Waals surface area contributed by atoms with Crippen LogP contribution in [0.25, 0.3) is 0 Å². The zero-order valence-corrected chi connectivity index (χ0v) is 14.8. The normalized spacial score (nSPS) is 13.1. The fourth-order valence-electron chi connectivity index (χ4n) is 2.03. The van der Waals surface area contributed by atoms with Crippen LogP contribution in [0.3, 0.4) is 0 Å². The Morgan fingerprint density at radius 3 is 2.10 bits per heavy atom. The first-order chi connectivity index (χ1) is 9.52. The SMILES string of the molecule is CC(C)NCc1ccc(S(=O)(=O)N(C)CC(C)(C)C)cc1. The highest BCUT2D eigenvalue weighted by atomic mass is 32.2. The molecule has 120 valence electrons. The maximum atomic E-state index is 12.5. The first-order valence-electron chi connectivity index (χ1n) is 7.31. The van der Waals surface area contributed by atoms with Crippen molar-refractivity contribution in [1.82, 2.24) is 9.62 Å². The highest BCUT2D eigenvalue weighted by Crippen LogP contribution is 2.21. The third kappa shape index (κ3) is 5.77. The molecule has 0 atom stereocenters. The minimum Gasteiger partial charge on any atom is -0.310 e. The minimum absolute atomic E-state index is 0.0665. The van der Waals surface area contributed by atoms with Crippen molar-refractivity contribution in [3.63, 3.8) is 0 Å².